The first kappa shape index (κ1) is 52.9. The van der Waals surface area contributed by atoms with E-state index in [-0.39, 0.29) is 5.97 Å². The Balaban J connectivity index is 0.000000118. The largest absolute Gasteiger partial charge is 0.466 e. The molecule has 8 aliphatic carbocycles. The Morgan fingerprint density at radius 3 is 1.15 bits per heavy atom. The molecule has 5 nitrogen and oxygen atoms in total. The quantitative estimate of drug-likeness (QED) is 0.116. The van der Waals surface area contributed by atoms with Gasteiger partial charge in [-0.2, -0.15) is 0 Å². The van der Waals surface area contributed by atoms with Gasteiger partial charge in [0, 0.05) is 48.6 Å². The lowest BCUT2D eigenvalue weighted by atomic mass is 9.67. The van der Waals surface area contributed by atoms with Gasteiger partial charge in [-0.1, -0.05) is 93.6 Å². The number of ketones is 2. The van der Waals surface area contributed by atoms with Gasteiger partial charge in [-0.3, -0.25) is 9.59 Å². The van der Waals surface area contributed by atoms with Crippen LogP contribution in [0.15, 0.2) is 102 Å². The number of Topliss-reactive ketones (excluding diaryl/α,β-unsaturated/α-hetero) is 2. The van der Waals surface area contributed by atoms with E-state index in [1.165, 1.54) is 141 Å². The van der Waals surface area contributed by atoms with Crippen molar-refractivity contribution < 1.29 is 23.9 Å². The lowest BCUT2D eigenvalue weighted by molar-refractivity contribution is -0.135. The molecule has 4 aromatic rings. The summed E-state index contributed by atoms with van der Waals surface area (Å²) in [5.74, 6) is 1.28. The number of fused-ring (bicyclic) bond motifs is 8. The van der Waals surface area contributed by atoms with E-state index in [2.05, 4.69) is 137 Å². The Hall–Kier alpha value is -2.98. The van der Waals surface area contributed by atoms with Gasteiger partial charge in [-0.15, -0.1) is 0 Å². The van der Waals surface area contributed by atoms with Gasteiger partial charge in [0.1, 0.15) is 17.9 Å². The molecule has 4 fully saturated rings. The minimum absolute atomic E-state index is 0.216. The van der Waals surface area contributed by atoms with Gasteiger partial charge in [-0.05, 0) is 263 Å². The molecule has 4 saturated carbocycles. The number of carbonyl (C=O) groups excluding carboxylic acids is 4. The number of allylic oxidation sites excluding steroid dienone is 1. The van der Waals surface area contributed by atoms with E-state index in [0.717, 1.165) is 83.3 Å². The summed E-state index contributed by atoms with van der Waals surface area (Å²) in [6, 6.07) is 26.9. The fourth-order valence-corrected chi connectivity index (χ4v) is 16.2. The third-order valence-electron chi connectivity index (χ3n) is 18.9. The number of benzene rings is 4. The second-order valence-electron chi connectivity index (χ2n) is 22.6. The van der Waals surface area contributed by atoms with Crippen LogP contribution in [0.1, 0.15) is 180 Å². The molecule has 9 heteroatoms. The van der Waals surface area contributed by atoms with Crippen molar-refractivity contribution in [3.8, 4) is 0 Å². The smallest absolute Gasteiger partial charge is 0.330 e. The number of hydrogen-bond donors (Lipinski definition) is 0. The standard InChI is InChI=1S/C17H19BrO2.C16H19BrO.C15H17BrO.C14H15BrO/c1-20-16(19)10-12-4-7-17(8-5-12)9-6-13-11-14(18)2-3-15(13)17;1-11(18)12-4-7-16(8-5-12)9-6-13-10-14(17)2-3-15(13)16;16-13-1-2-14-12(9-13)5-8-15(14)6-3-11(10-17)4-7-15;15-11-1-2-13-10(9-11)3-6-14(13)7-4-12(16)5-8-14/h2-3,10-11H,4-9H2,1H3;2-3,10,12H,4-9H2,1H3;1-2,9-11H,3-8H2;1-2,9H,3-8H2. The molecule has 0 N–H and O–H groups in total. The molecule has 71 heavy (non-hydrogen) atoms. The fraction of sp³-hybridized carbons (Fsp3) is 0.516. The summed E-state index contributed by atoms with van der Waals surface area (Å²) in [7, 11) is 1.44. The topological polar surface area (TPSA) is 77.5 Å². The average Bonchev–Trinajstić information content (AvgIpc) is 4.12. The molecular formula is C62H70Br4O5. The zero-order chi connectivity index (χ0) is 50.0. The Bertz CT molecular complexity index is 2660. The summed E-state index contributed by atoms with van der Waals surface area (Å²) in [6.45, 7) is 1.75. The SMILES string of the molecule is CC(=O)C1CCC2(CCc3cc(Br)ccc32)CC1.COC(=O)C=C1CCC2(CC1)CCc1cc(Br)ccc12.O=C1CCC2(CC1)CCc1cc(Br)ccc12.O=CC1CCC2(CCc3cc(Br)ccc32)CC1. The first-order valence-electron chi connectivity index (χ1n) is 26.6. The second-order valence-corrected chi connectivity index (χ2v) is 26.2. The van der Waals surface area contributed by atoms with Crippen molar-refractivity contribution in [3.05, 3.63) is 147 Å². The highest BCUT2D eigenvalue weighted by molar-refractivity contribution is 9.11. The molecule has 376 valence electrons. The molecule has 12 rings (SSSR count). The van der Waals surface area contributed by atoms with Crippen LogP contribution in [-0.4, -0.2) is 30.9 Å². The zero-order valence-electron chi connectivity index (χ0n) is 41.8. The highest BCUT2D eigenvalue weighted by atomic mass is 79.9. The van der Waals surface area contributed by atoms with Crippen LogP contribution in [-0.2, 0) is 71.3 Å². The zero-order valence-corrected chi connectivity index (χ0v) is 48.1. The third-order valence-corrected chi connectivity index (χ3v) is 20.9. The van der Waals surface area contributed by atoms with Crippen LogP contribution in [0.3, 0.4) is 0 Å². The summed E-state index contributed by atoms with van der Waals surface area (Å²) in [4.78, 5) is 45.0. The molecule has 4 spiro atoms. The number of rotatable bonds is 3. The Morgan fingerprint density at radius 2 is 0.817 bits per heavy atom. The number of carbonyl (C=O) groups is 4. The van der Waals surface area contributed by atoms with Gasteiger partial charge in [0.25, 0.3) is 0 Å². The molecule has 0 bridgehead atoms. The summed E-state index contributed by atoms with van der Waals surface area (Å²) < 4.78 is 9.45. The van der Waals surface area contributed by atoms with Crippen molar-refractivity contribution >= 4 is 87.5 Å². The molecule has 0 aromatic heterocycles. The summed E-state index contributed by atoms with van der Waals surface area (Å²) in [5.41, 5.74) is 14.9. The molecule has 0 radical (unpaired) electrons. The third kappa shape index (κ3) is 11.5. The van der Waals surface area contributed by atoms with E-state index in [1.807, 2.05) is 0 Å². The van der Waals surface area contributed by atoms with Crippen LogP contribution in [0, 0.1) is 11.8 Å². The number of hydrogen-bond acceptors (Lipinski definition) is 5. The van der Waals surface area contributed by atoms with Gasteiger partial charge in [0.05, 0.1) is 7.11 Å². The van der Waals surface area contributed by atoms with Crippen molar-refractivity contribution in [2.24, 2.45) is 11.8 Å². The average molecular weight is 1210 g/mol. The molecule has 4 aromatic carbocycles. The molecule has 0 amide bonds. The van der Waals surface area contributed by atoms with Gasteiger partial charge in [-0.25, -0.2) is 4.79 Å². The maximum absolute atomic E-state index is 11.5. The predicted octanol–water partition coefficient (Wildman–Crippen LogP) is 16.5. The van der Waals surface area contributed by atoms with Crippen molar-refractivity contribution in [2.75, 3.05) is 7.11 Å². The molecule has 0 saturated heterocycles. The van der Waals surface area contributed by atoms with Crippen molar-refractivity contribution in [1.29, 1.82) is 0 Å². The van der Waals surface area contributed by atoms with Gasteiger partial charge < -0.3 is 9.53 Å². The number of halogens is 4. The van der Waals surface area contributed by atoms with Crippen LogP contribution in [0.25, 0.3) is 0 Å². The molecule has 0 heterocycles. The van der Waals surface area contributed by atoms with E-state index in [4.69, 9.17) is 4.74 Å². The van der Waals surface area contributed by atoms with E-state index in [1.54, 1.807) is 24.1 Å². The molecule has 8 aliphatic rings. The van der Waals surface area contributed by atoms with Crippen LogP contribution < -0.4 is 0 Å². The van der Waals surface area contributed by atoms with Gasteiger partial charge >= 0.3 is 5.97 Å². The van der Waals surface area contributed by atoms with E-state index in [0.29, 0.717) is 45.1 Å². The molecular weight excluding hydrogens is 1140 g/mol. The molecule has 0 unspecified atom stereocenters. The fourth-order valence-electron chi connectivity index (χ4n) is 14.6. The van der Waals surface area contributed by atoms with Crippen LogP contribution >= 0.6 is 63.7 Å². The van der Waals surface area contributed by atoms with E-state index in [9.17, 15) is 19.2 Å². The Morgan fingerprint density at radius 1 is 0.493 bits per heavy atom. The van der Waals surface area contributed by atoms with Crippen molar-refractivity contribution in [3.63, 3.8) is 0 Å². The van der Waals surface area contributed by atoms with E-state index < -0.39 is 0 Å². The summed E-state index contributed by atoms with van der Waals surface area (Å²) in [6.07, 6.45) is 29.9. The maximum atomic E-state index is 11.5. The molecule has 0 atom stereocenters. The number of esters is 1. The van der Waals surface area contributed by atoms with E-state index >= 15 is 0 Å². The lowest BCUT2D eigenvalue weighted by Gasteiger charge is -2.37. The first-order valence-corrected chi connectivity index (χ1v) is 29.7. The minimum atomic E-state index is -0.216. The normalized spacial score (nSPS) is 27.2. The highest BCUT2D eigenvalue weighted by Gasteiger charge is 2.45. The van der Waals surface area contributed by atoms with Gasteiger partial charge in [0.2, 0.25) is 0 Å². The Kier molecular flexibility index (Phi) is 16.7. The Labute approximate surface area is 456 Å². The summed E-state index contributed by atoms with van der Waals surface area (Å²) in [5, 5.41) is 0. The highest BCUT2D eigenvalue weighted by Crippen LogP contribution is 2.53. The minimum Gasteiger partial charge on any atom is -0.466 e. The monoisotopic (exact) mass is 1210 g/mol. The lowest BCUT2D eigenvalue weighted by Crippen LogP contribution is -2.31. The number of methoxy groups -OCH3 is 1. The summed E-state index contributed by atoms with van der Waals surface area (Å²) >= 11 is 14.2. The van der Waals surface area contributed by atoms with Crippen LogP contribution in [0.4, 0.5) is 0 Å². The number of ether oxygens (including phenoxy) is 1. The number of aryl methyl sites for hydroxylation is 4. The van der Waals surface area contributed by atoms with Crippen molar-refractivity contribution in [1.82, 2.24) is 0 Å². The second kappa shape index (κ2) is 22.5. The van der Waals surface area contributed by atoms with Gasteiger partial charge in [0.15, 0.2) is 0 Å². The predicted molar refractivity (Wildman–Crippen MR) is 299 cm³/mol. The molecule has 0 aliphatic heterocycles. The van der Waals surface area contributed by atoms with Crippen LogP contribution in [0.5, 0.6) is 0 Å². The number of aldehydes is 1. The van der Waals surface area contributed by atoms with Crippen LogP contribution in [0.2, 0.25) is 0 Å². The first-order chi connectivity index (χ1) is 34.2. The van der Waals surface area contributed by atoms with Crippen molar-refractivity contribution in [2.45, 2.75) is 183 Å². The maximum Gasteiger partial charge on any atom is 0.330 e.